The van der Waals surface area contributed by atoms with Crippen molar-refractivity contribution in [2.45, 2.75) is 56.8 Å². The maximum Gasteiger partial charge on any atom is 0.231 e. The minimum absolute atomic E-state index is 0.100. The highest BCUT2D eigenvalue weighted by Crippen LogP contribution is 2.52. The van der Waals surface area contributed by atoms with Gasteiger partial charge in [-0.25, -0.2) is 0 Å². The molecular formula is C18H22N4O2. The second kappa shape index (κ2) is 5.46. The first-order valence-corrected chi connectivity index (χ1v) is 9.05. The Kier molecular flexibility index (Phi) is 3.24. The van der Waals surface area contributed by atoms with E-state index in [4.69, 9.17) is 4.52 Å². The van der Waals surface area contributed by atoms with Gasteiger partial charge in [-0.2, -0.15) is 5.10 Å². The summed E-state index contributed by atoms with van der Waals surface area (Å²) in [6.45, 7) is 0. The van der Waals surface area contributed by atoms with E-state index in [2.05, 4.69) is 20.7 Å². The number of hydrogen-bond donors (Lipinski definition) is 2. The Morgan fingerprint density at radius 2 is 2.17 bits per heavy atom. The lowest BCUT2D eigenvalue weighted by molar-refractivity contribution is -0.115. The number of carbonyl (C=O) groups excluding carboxylic acids is 1. The fourth-order valence-electron chi connectivity index (χ4n) is 4.54. The molecule has 2 N–H and O–H groups in total. The third-order valence-electron chi connectivity index (χ3n) is 5.90. The lowest BCUT2D eigenvalue weighted by Crippen LogP contribution is -2.14. The molecule has 2 heterocycles. The number of fused-ring (bicyclic) bond motifs is 2. The average Bonchev–Trinajstić information content (AvgIpc) is 3.01. The molecule has 2 bridgehead atoms. The van der Waals surface area contributed by atoms with Gasteiger partial charge < -0.3 is 9.84 Å². The van der Waals surface area contributed by atoms with Crippen molar-refractivity contribution < 1.29 is 9.32 Å². The van der Waals surface area contributed by atoms with Gasteiger partial charge in [-0.1, -0.05) is 11.6 Å². The summed E-state index contributed by atoms with van der Waals surface area (Å²) in [7, 11) is 0. The fourth-order valence-corrected chi connectivity index (χ4v) is 4.54. The number of carbonyl (C=O) groups is 1. The van der Waals surface area contributed by atoms with Gasteiger partial charge in [0.1, 0.15) is 5.76 Å². The predicted octanol–water partition coefficient (Wildman–Crippen LogP) is 3.36. The normalized spacial score (nSPS) is 28.4. The van der Waals surface area contributed by atoms with Gasteiger partial charge in [0.2, 0.25) is 5.91 Å². The Bertz CT molecular complexity index is 761. The zero-order valence-electron chi connectivity index (χ0n) is 13.6. The zero-order chi connectivity index (χ0) is 16.1. The molecule has 3 saturated carbocycles. The molecule has 24 heavy (non-hydrogen) atoms. The minimum atomic E-state index is -0.100. The molecule has 3 atom stereocenters. The number of H-pyrrole nitrogens is 1. The summed E-state index contributed by atoms with van der Waals surface area (Å²) in [4.78, 5) is 12.2. The third kappa shape index (κ3) is 2.64. The predicted molar refractivity (Wildman–Crippen MR) is 87.6 cm³/mol. The molecule has 126 valence electrons. The van der Waals surface area contributed by atoms with Crippen LogP contribution in [0, 0.1) is 11.8 Å². The SMILES string of the molecule is O=C(Cc1cc(C2CC2)on1)Nc1cc(C2CC3CCC2C3)[nH]n1. The topological polar surface area (TPSA) is 83.8 Å². The van der Waals surface area contributed by atoms with Crippen molar-refractivity contribution >= 4 is 11.7 Å². The average molecular weight is 326 g/mol. The molecule has 2 aromatic heterocycles. The third-order valence-corrected chi connectivity index (χ3v) is 5.90. The largest absolute Gasteiger partial charge is 0.361 e. The van der Waals surface area contributed by atoms with E-state index >= 15 is 0 Å². The Morgan fingerprint density at radius 3 is 2.92 bits per heavy atom. The van der Waals surface area contributed by atoms with Crippen molar-refractivity contribution in [1.29, 1.82) is 0 Å². The van der Waals surface area contributed by atoms with Crippen LogP contribution in [0.1, 0.15) is 67.5 Å². The molecule has 3 aliphatic carbocycles. The number of nitrogens with zero attached hydrogens (tertiary/aromatic N) is 2. The summed E-state index contributed by atoms with van der Waals surface area (Å²) in [5, 5.41) is 14.3. The lowest BCUT2D eigenvalue weighted by atomic mass is 9.86. The number of nitrogens with one attached hydrogen (secondary N) is 2. The van der Waals surface area contributed by atoms with Gasteiger partial charge in [0.25, 0.3) is 0 Å². The van der Waals surface area contributed by atoms with Crippen molar-refractivity contribution in [3.63, 3.8) is 0 Å². The molecule has 2 aromatic rings. The molecule has 0 aromatic carbocycles. The summed E-state index contributed by atoms with van der Waals surface area (Å²) >= 11 is 0. The van der Waals surface area contributed by atoms with E-state index in [0.717, 1.165) is 17.6 Å². The first kappa shape index (κ1) is 14.3. The highest BCUT2D eigenvalue weighted by Gasteiger charge is 2.41. The highest BCUT2D eigenvalue weighted by atomic mass is 16.5. The number of aromatic amines is 1. The Balaban J connectivity index is 1.20. The standard InChI is InChI=1S/C18H22N4O2/c23-18(8-13-7-16(24-22-13)11-3-4-11)19-17-9-15(20-21-17)14-6-10-1-2-12(14)5-10/h7,9-12,14H,1-6,8H2,(H2,19,20,21,23). The molecule has 0 aliphatic heterocycles. The maximum atomic E-state index is 12.2. The van der Waals surface area contributed by atoms with Crippen LogP contribution in [0.3, 0.4) is 0 Å². The number of amides is 1. The smallest absolute Gasteiger partial charge is 0.231 e. The molecular weight excluding hydrogens is 304 g/mol. The summed E-state index contributed by atoms with van der Waals surface area (Å²) in [5.74, 6) is 4.24. The van der Waals surface area contributed by atoms with Crippen LogP contribution >= 0.6 is 0 Å². The maximum absolute atomic E-state index is 12.2. The number of rotatable bonds is 5. The van der Waals surface area contributed by atoms with Crippen LogP contribution < -0.4 is 5.32 Å². The summed E-state index contributed by atoms with van der Waals surface area (Å²) in [5.41, 5.74) is 1.87. The summed E-state index contributed by atoms with van der Waals surface area (Å²) < 4.78 is 5.29. The van der Waals surface area contributed by atoms with E-state index in [9.17, 15) is 4.79 Å². The van der Waals surface area contributed by atoms with Crippen molar-refractivity contribution in [2.75, 3.05) is 5.32 Å². The van der Waals surface area contributed by atoms with E-state index in [-0.39, 0.29) is 12.3 Å². The quantitative estimate of drug-likeness (QED) is 0.882. The van der Waals surface area contributed by atoms with Crippen LogP contribution in [-0.2, 0) is 11.2 Å². The Morgan fingerprint density at radius 1 is 1.25 bits per heavy atom. The van der Waals surface area contributed by atoms with Gasteiger partial charge in [-0.3, -0.25) is 9.89 Å². The first-order chi connectivity index (χ1) is 11.7. The van der Waals surface area contributed by atoms with Gasteiger partial charge in [-0.15, -0.1) is 0 Å². The Hall–Kier alpha value is -2.11. The molecule has 0 spiro atoms. The van der Waals surface area contributed by atoms with Gasteiger partial charge in [0, 0.05) is 29.7 Å². The molecule has 5 rings (SSSR count). The van der Waals surface area contributed by atoms with Gasteiger partial charge in [0.05, 0.1) is 12.1 Å². The van der Waals surface area contributed by atoms with E-state index in [0.29, 0.717) is 23.3 Å². The minimum Gasteiger partial charge on any atom is -0.361 e. The van der Waals surface area contributed by atoms with E-state index in [1.54, 1.807) is 0 Å². The van der Waals surface area contributed by atoms with Crippen molar-refractivity contribution in [1.82, 2.24) is 15.4 Å². The molecule has 0 radical (unpaired) electrons. The van der Waals surface area contributed by atoms with Crippen LogP contribution in [0.15, 0.2) is 16.7 Å². The second-order valence-corrected chi connectivity index (χ2v) is 7.71. The molecule has 6 heteroatoms. The number of aromatic nitrogens is 3. The molecule has 6 nitrogen and oxygen atoms in total. The van der Waals surface area contributed by atoms with Crippen molar-refractivity contribution in [3.8, 4) is 0 Å². The molecule has 3 aliphatic rings. The second-order valence-electron chi connectivity index (χ2n) is 7.71. The van der Waals surface area contributed by atoms with E-state index in [1.165, 1.54) is 44.2 Å². The van der Waals surface area contributed by atoms with Gasteiger partial charge in [-0.05, 0) is 43.9 Å². The highest BCUT2D eigenvalue weighted by molar-refractivity contribution is 5.91. The first-order valence-electron chi connectivity index (χ1n) is 9.05. The van der Waals surface area contributed by atoms with Crippen molar-refractivity contribution in [2.24, 2.45) is 11.8 Å². The van der Waals surface area contributed by atoms with Crippen LogP contribution in [0.25, 0.3) is 0 Å². The molecule has 0 saturated heterocycles. The number of anilines is 1. The van der Waals surface area contributed by atoms with E-state index < -0.39 is 0 Å². The van der Waals surface area contributed by atoms with Crippen LogP contribution in [0.2, 0.25) is 0 Å². The summed E-state index contributed by atoms with van der Waals surface area (Å²) in [6.07, 6.45) is 7.92. The number of hydrogen-bond acceptors (Lipinski definition) is 4. The van der Waals surface area contributed by atoms with E-state index in [1.807, 2.05) is 12.1 Å². The van der Waals surface area contributed by atoms with Gasteiger partial charge in [0.15, 0.2) is 5.82 Å². The molecule has 1 amide bonds. The summed E-state index contributed by atoms with van der Waals surface area (Å²) in [6, 6.07) is 3.91. The fraction of sp³-hybridized carbons (Fsp3) is 0.611. The Labute approximate surface area is 140 Å². The molecule has 3 fully saturated rings. The van der Waals surface area contributed by atoms with Crippen LogP contribution in [0.5, 0.6) is 0 Å². The van der Waals surface area contributed by atoms with Crippen LogP contribution in [0.4, 0.5) is 5.82 Å². The molecule has 3 unspecified atom stereocenters. The van der Waals surface area contributed by atoms with Gasteiger partial charge >= 0.3 is 0 Å². The monoisotopic (exact) mass is 326 g/mol. The zero-order valence-corrected chi connectivity index (χ0v) is 13.6. The van der Waals surface area contributed by atoms with Crippen LogP contribution in [-0.4, -0.2) is 21.3 Å². The lowest BCUT2D eigenvalue weighted by Gasteiger charge is -2.19. The van der Waals surface area contributed by atoms with Crippen molar-refractivity contribution in [3.05, 3.63) is 29.3 Å².